The molecule has 2 nitrogen and oxygen atoms in total. The van der Waals surface area contributed by atoms with Crippen molar-refractivity contribution >= 4 is 11.8 Å². The van der Waals surface area contributed by atoms with Gasteiger partial charge in [0.25, 0.3) is 0 Å². The Morgan fingerprint density at radius 3 is 3.08 bits per heavy atom. The van der Waals surface area contributed by atoms with E-state index in [9.17, 15) is 0 Å². The molecule has 78 valence electrons. The van der Waals surface area contributed by atoms with E-state index in [2.05, 4.69) is 24.0 Å². The summed E-state index contributed by atoms with van der Waals surface area (Å²) in [4.78, 5) is 0. The number of hydrogen-bond donors (Lipinski definition) is 2. The largest absolute Gasteiger partial charge is 0.396 e. The van der Waals surface area contributed by atoms with Crippen LogP contribution in [0.2, 0.25) is 0 Å². The van der Waals surface area contributed by atoms with Gasteiger partial charge in [0.1, 0.15) is 0 Å². The average Bonchev–Trinajstić information content (AvgIpc) is 2.64. The van der Waals surface area contributed by atoms with Gasteiger partial charge in [-0.15, -0.1) is 0 Å². The van der Waals surface area contributed by atoms with Gasteiger partial charge in [0, 0.05) is 24.4 Å². The second-order valence-electron chi connectivity index (χ2n) is 3.81. The first-order chi connectivity index (χ1) is 6.33. The minimum atomic E-state index is 0.324. The molecule has 0 aromatic rings. The molecular formula is C10H21NOS. The van der Waals surface area contributed by atoms with Crippen molar-refractivity contribution in [3.63, 3.8) is 0 Å². The highest BCUT2D eigenvalue weighted by atomic mass is 32.2. The molecule has 3 heteroatoms. The van der Waals surface area contributed by atoms with Gasteiger partial charge in [-0.2, -0.15) is 11.8 Å². The second-order valence-corrected chi connectivity index (χ2v) is 5.22. The highest BCUT2D eigenvalue weighted by Gasteiger charge is 2.15. The van der Waals surface area contributed by atoms with Crippen LogP contribution in [0.3, 0.4) is 0 Å². The zero-order chi connectivity index (χ0) is 9.52. The molecule has 2 unspecified atom stereocenters. The number of nitrogens with one attached hydrogen (secondary N) is 1. The molecular weight excluding hydrogens is 182 g/mol. The maximum Gasteiger partial charge on any atom is 0.0431 e. The van der Waals surface area contributed by atoms with E-state index in [1.165, 1.54) is 18.6 Å². The Bertz CT molecular complexity index is 126. The van der Waals surface area contributed by atoms with Crippen LogP contribution in [0.15, 0.2) is 0 Å². The summed E-state index contributed by atoms with van der Waals surface area (Å²) in [5.41, 5.74) is 0. The summed E-state index contributed by atoms with van der Waals surface area (Å²) in [6.45, 7) is 3.68. The first-order valence-corrected chi connectivity index (χ1v) is 6.33. The number of hydrogen-bond acceptors (Lipinski definition) is 3. The van der Waals surface area contributed by atoms with Crippen LogP contribution in [0.4, 0.5) is 0 Å². The maximum atomic E-state index is 8.66. The fourth-order valence-corrected chi connectivity index (χ4v) is 2.85. The van der Waals surface area contributed by atoms with Gasteiger partial charge in [0.2, 0.25) is 0 Å². The van der Waals surface area contributed by atoms with Crippen LogP contribution < -0.4 is 5.32 Å². The van der Waals surface area contributed by atoms with Crippen LogP contribution in [0.5, 0.6) is 0 Å². The van der Waals surface area contributed by atoms with Crippen molar-refractivity contribution in [3.05, 3.63) is 0 Å². The Balaban J connectivity index is 1.97. The Hall–Kier alpha value is 0.270. The molecule has 0 aromatic carbocycles. The molecule has 1 aliphatic rings. The van der Waals surface area contributed by atoms with Crippen LogP contribution in [-0.2, 0) is 0 Å². The van der Waals surface area contributed by atoms with Gasteiger partial charge in [-0.25, -0.2) is 0 Å². The van der Waals surface area contributed by atoms with E-state index in [0.29, 0.717) is 12.6 Å². The van der Waals surface area contributed by atoms with E-state index in [-0.39, 0.29) is 0 Å². The second kappa shape index (κ2) is 6.68. The molecule has 1 aliphatic heterocycles. The molecule has 0 amide bonds. The van der Waals surface area contributed by atoms with Crippen molar-refractivity contribution in [2.75, 3.05) is 18.9 Å². The third kappa shape index (κ3) is 4.89. The smallest absolute Gasteiger partial charge is 0.0431 e. The molecule has 0 aromatic heterocycles. The lowest BCUT2D eigenvalue weighted by atomic mass is 10.2. The molecule has 1 saturated heterocycles. The molecule has 0 aliphatic carbocycles. The Kier molecular flexibility index (Phi) is 5.83. The normalized spacial score (nSPS) is 24.9. The molecule has 0 spiro atoms. The highest BCUT2D eigenvalue weighted by molar-refractivity contribution is 8.00. The summed E-state index contributed by atoms with van der Waals surface area (Å²) in [6, 6.07) is 0.563. The molecule has 0 bridgehead atoms. The topological polar surface area (TPSA) is 32.3 Å². The van der Waals surface area contributed by atoms with Crippen molar-refractivity contribution in [1.82, 2.24) is 5.32 Å². The zero-order valence-corrected chi connectivity index (χ0v) is 9.28. The van der Waals surface area contributed by atoms with Gasteiger partial charge in [-0.1, -0.05) is 0 Å². The molecule has 1 rings (SSSR count). The Labute approximate surface area is 85.5 Å². The summed E-state index contributed by atoms with van der Waals surface area (Å²) in [6.07, 6.45) is 4.78. The third-order valence-corrected chi connectivity index (χ3v) is 3.91. The minimum Gasteiger partial charge on any atom is -0.396 e. The van der Waals surface area contributed by atoms with Gasteiger partial charge in [0.15, 0.2) is 0 Å². The Morgan fingerprint density at radius 1 is 1.62 bits per heavy atom. The summed E-state index contributed by atoms with van der Waals surface area (Å²) in [5.74, 6) is 1.34. The molecule has 0 saturated carbocycles. The highest BCUT2D eigenvalue weighted by Crippen LogP contribution is 2.25. The van der Waals surface area contributed by atoms with E-state index in [1.807, 2.05) is 0 Å². The molecule has 1 fully saturated rings. The average molecular weight is 203 g/mol. The van der Waals surface area contributed by atoms with Crippen LogP contribution in [0, 0.1) is 0 Å². The van der Waals surface area contributed by atoms with Crippen molar-refractivity contribution in [1.29, 1.82) is 0 Å². The van der Waals surface area contributed by atoms with E-state index in [4.69, 9.17) is 5.11 Å². The quantitative estimate of drug-likeness (QED) is 0.688. The van der Waals surface area contributed by atoms with Crippen LogP contribution in [0.25, 0.3) is 0 Å². The van der Waals surface area contributed by atoms with E-state index >= 15 is 0 Å². The van der Waals surface area contributed by atoms with Gasteiger partial charge in [-0.3, -0.25) is 0 Å². The molecule has 0 radical (unpaired) electrons. The third-order valence-electron chi connectivity index (χ3n) is 2.51. The lowest BCUT2D eigenvalue weighted by Crippen LogP contribution is -2.31. The molecule has 1 heterocycles. The first-order valence-electron chi connectivity index (χ1n) is 5.28. The predicted molar refractivity (Wildman–Crippen MR) is 59.3 cm³/mol. The van der Waals surface area contributed by atoms with Gasteiger partial charge >= 0.3 is 0 Å². The van der Waals surface area contributed by atoms with Gasteiger partial charge in [-0.05, 0) is 38.4 Å². The molecule has 2 N–H and O–H groups in total. The predicted octanol–water partition coefficient (Wildman–Crippen LogP) is 1.63. The van der Waals surface area contributed by atoms with Crippen LogP contribution >= 0.6 is 11.8 Å². The van der Waals surface area contributed by atoms with Crippen LogP contribution in [-0.4, -0.2) is 35.3 Å². The van der Waals surface area contributed by atoms with Crippen molar-refractivity contribution < 1.29 is 5.11 Å². The van der Waals surface area contributed by atoms with Gasteiger partial charge < -0.3 is 10.4 Å². The lowest BCUT2D eigenvalue weighted by molar-refractivity contribution is 0.276. The number of aliphatic hydroxyl groups excluding tert-OH is 1. The van der Waals surface area contributed by atoms with Crippen LogP contribution in [0.1, 0.15) is 32.6 Å². The number of aliphatic hydroxyl groups is 1. The summed E-state index contributed by atoms with van der Waals surface area (Å²) >= 11 is 2.10. The lowest BCUT2D eigenvalue weighted by Gasteiger charge is -2.16. The summed E-state index contributed by atoms with van der Waals surface area (Å²) in [7, 11) is 0. The van der Waals surface area contributed by atoms with E-state index in [1.54, 1.807) is 0 Å². The number of rotatable bonds is 6. The van der Waals surface area contributed by atoms with Crippen molar-refractivity contribution in [3.8, 4) is 0 Å². The SMILES string of the molecule is CC(CCCO)NCC1CCCS1. The summed E-state index contributed by atoms with van der Waals surface area (Å²) in [5, 5.41) is 13.0. The van der Waals surface area contributed by atoms with E-state index < -0.39 is 0 Å². The van der Waals surface area contributed by atoms with Crippen molar-refractivity contribution in [2.24, 2.45) is 0 Å². The number of thioether (sulfide) groups is 1. The fraction of sp³-hybridized carbons (Fsp3) is 1.00. The Morgan fingerprint density at radius 2 is 2.46 bits per heavy atom. The maximum absolute atomic E-state index is 8.66. The standard InChI is InChI=1S/C10H21NOS/c1-9(4-2-6-12)11-8-10-5-3-7-13-10/h9-12H,2-8H2,1H3. The molecule has 2 atom stereocenters. The summed E-state index contributed by atoms with van der Waals surface area (Å²) < 4.78 is 0. The molecule has 13 heavy (non-hydrogen) atoms. The first kappa shape index (κ1) is 11.3. The van der Waals surface area contributed by atoms with E-state index in [0.717, 1.165) is 24.6 Å². The monoisotopic (exact) mass is 203 g/mol. The van der Waals surface area contributed by atoms with Crippen molar-refractivity contribution in [2.45, 2.75) is 43.9 Å². The zero-order valence-electron chi connectivity index (χ0n) is 8.46. The van der Waals surface area contributed by atoms with Gasteiger partial charge in [0.05, 0.1) is 0 Å². The minimum absolute atomic E-state index is 0.324. The fourth-order valence-electron chi connectivity index (χ4n) is 1.64.